The van der Waals surface area contributed by atoms with Crippen molar-refractivity contribution in [1.82, 2.24) is 0 Å². The highest BCUT2D eigenvalue weighted by atomic mass is 32.1. The summed E-state index contributed by atoms with van der Waals surface area (Å²) in [6.45, 7) is 0. The number of benzene rings is 1. The van der Waals surface area contributed by atoms with Crippen LogP contribution in [0.5, 0.6) is 5.75 Å². The standard InChI is InChI=1S/C15H11NO2S/c17-15(18-11-5-2-1-3-6-11)16-13-8-9-14-12(13)7-4-10-19-14/h1-10H,(H,16,17). The first-order valence-corrected chi connectivity index (χ1v) is 6.71. The third-order valence-electron chi connectivity index (χ3n) is 2.68. The molecule has 2 aliphatic rings. The second-order valence-corrected chi connectivity index (χ2v) is 4.91. The van der Waals surface area contributed by atoms with Crippen LogP contribution in [-0.2, 0) is 0 Å². The highest BCUT2D eigenvalue weighted by Crippen LogP contribution is 2.34. The summed E-state index contributed by atoms with van der Waals surface area (Å²) in [5, 5.41) is 4.77. The van der Waals surface area contributed by atoms with Gasteiger partial charge in [0.1, 0.15) is 5.75 Å². The number of carbonyl (C=O) groups excluding carboxylic acids is 1. The Balaban J connectivity index is 1.73. The van der Waals surface area contributed by atoms with Gasteiger partial charge in [0.2, 0.25) is 0 Å². The van der Waals surface area contributed by atoms with Gasteiger partial charge in [0.25, 0.3) is 0 Å². The van der Waals surface area contributed by atoms with Crippen LogP contribution in [0.1, 0.15) is 0 Å². The molecule has 19 heavy (non-hydrogen) atoms. The zero-order valence-corrected chi connectivity index (χ0v) is 10.8. The van der Waals surface area contributed by atoms with Crippen LogP contribution in [0.2, 0.25) is 0 Å². The van der Waals surface area contributed by atoms with E-state index < -0.39 is 6.09 Å². The SMILES string of the molecule is O=C(Nc1ccc2scccc1-2)Oc1ccccc1. The molecule has 1 amide bonds. The lowest BCUT2D eigenvalue weighted by molar-refractivity contribution is 0.215. The molecule has 1 heterocycles. The van der Waals surface area contributed by atoms with Crippen LogP contribution in [0.3, 0.4) is 0 Å². The highest BCUT2D eigenvalue weighted by molar-refractivity contribution is 7.13. The van der Waals surface area contributed by atoms with Gasteiger partial charge in [-0.3, -0.25) is 5.32 Å². The van der Waals surface area contributed by atoms with Crippen molar-refractivity contribution in [2.75, 3.05) is 5.32 Å². The monoisotopic (exact) mass is 269 g/mol. The van der Waals surface area contributed by atoms with E-state index in [2.05, 4.69) is 5.32 Å². The number of anilines is 1. The molecular weight excluding hydrogens is 258 g/mol. The number of hydrogen-bond acceptors (Lipinski definition) is 3. The van der Waals surface area contributed by atoms with E-state index >= 15 is 0 Å². The molecule has 0 spiro atoms. The normalized spacial score (nSPS) is 10.3. The Hall–Kier alpha value is -2.33. The number of nitrogens with one attached hydrogen (secondary N) is 1. The Morgan fingerprint density at radius 1 is 1.00 bits per heavy atom. The van der Waals surface area contributed by atoms with E-state index in [1.54, 1.807) is 23.5 Å². The molecular formula is C15H11NO2S. The minimum Gasteiger partial charge on any atom is -0.410 e. The fourth-order valence-electron chi connectivity index (χ4n) is 1.83. The van der Waals surface area contributed by atoms with Crippen molar-refractivity contribution in [3.05, 3.63) is 60.0 Å². The molecule has 0 bridgehead atoms. The number of fused-ring (bicyclic) bond motifs is 1. The Labute approximate surface area is 114 Å². The average molecular weight is 269 g/mol. The Morgan fingerprint density at radius 3 is 2.68 bits per heavy atom. The number of carbonyl (C=O) groups is 1. The summed E-state index contributed by atoms with van der Waals surface area (Å²) < 4.78 is 5.19. The minimum absolute atomic E-state index is 0.479. The van der Waals surface area contributed by atoms with Crippen LogP contribution in [0.25, 0.3) is 10.4 Å². The number of rotatable bonds is 2. The maximum absolute atomic E-state index is 11.8. The van der Waals surface area contributed by atoms with Gasteiger partial charge < -0.3 is 4.74 Å². The smallest absolute Gasteiger partial charge is 0.410 e. The molecule has 1 aliphatic heterocycles. The first-order chi connectivity index (χ1) is 9.33. The molecule has 0 fully saturated rings. The minimum atomic E-state index is -0.479. The number of amides is 1. The van der Waals surface area contributed by atoms with E-state index in [0.717, 1.165) is 16.1 Å². The quantitative estimate of drug-likeness (QED) is 0.745. The third kappa shape index (κ3) is 2.58. The van der Waals surface area contributed by atoms with Crippen molar-refractivity contribution in [2.24, 2.45) is 0 Å². The van der Waals surface area contributed by atoms with Gasteiger partial charge >= 0.3 is 6.09 Å². The van der Waals surface area contributed by atoms with E-state index in [1.165, 1.54) is 0 Å². The van der Waals surface area contributed by atoms with E-state index in [9.17, 15) is 4.79 Å². The van der Waals surface area contributed by atoms with Crippen LogP contribution >= 0.6 is 11.3 Å². The lowest BCUT2D eigenvalue weighted by Gasteiger charge is -2.07. The molecule has 0 atom stereocenters. The molecule has 0 radical (unpaired) electrons. The van der Waals surface area contributed by atoms with Crippen molar-refractivity contribution >= 4 is 23.1 Å². The van der Waals surface area contributed by atoms with Gasteiger partial charge in [-0.25, -0.2) is 4.79 Å². The van der Waals surface area contributed by atoms with Gasteiger partial charge in [0.05, 0.1) is 5.69 Å². The fraction of sp³-hybridized carbons (Fsp3) is 0. The van der Waals surface area contributed by atoms with Crippen LogP contribution < -0.4 is 10.1 Å². The number of para-hydroxylation sites is 1. The molecule has 0 saturated heterocycles. The van der Waals surface area contributed by atoms with Crippen LogP contribution in [0.15, 0.2) is 60.0 Å². The molecule has 1 aromatic rings. The van der Waals surface area contributed by atoms with Gasteiger partial charge in [-0.1, -0.05) is 30.3 Å². The molecule has 1 aliphatic carbocycles. The van der Waals surface area contributed by atoms with Crippen molar-refractivity contribution < 1.29 is 9.53 Å². The van der Waals surface area contributed by atoms with E-state index in [-0.39, 0.29) is 0 Å². The van der Waals surface area contributed by atoms with E-state index in [1.807, 2.05) is 47.8 Å². The lowest BCUT2D eigenvalue weighted by Crippen LogP contribution is -2.16. The van der Waals surface area contributed by atoms with Gasteiger partial charge in [-0.05, 0) is 29.6 Å². The summed E-state index contributed by atoms with van der Waals surface area (Å²) in [5.41, 5.74) is 1.80. The topological polar surface area (TPSA) is 38.3 Å². The number of hydrogen-bond donors (Lipinski definition) is 1. The van der Waals surface area contributed by atoms with Crippen molar-refractivity contribution in [3.63, 3.8) is 0 Å². The van der Waals surface area contributed by atoms with Crippen LogP contribution in [-0.4, -0.2) is 6.09 Å². The first kappa shape index (κ1) is 11.7. The van der Waals surface area contributed by atoms with E-state index in [4.69, 9.17) is 4.74 Å². The zero-order chi connectivity index (χ0) is 13.1. The third-order valence-corrected chi connectivity index (χ3v) is 3.59. The molecule has 1 aromatic carbocycles. The summed E-state index contributed by atoms with van der Waals surface area (Å²) in [5.74, 6) is 0.527. The van der Waals surface area contributed by atoms with Crippen LogP contribution in [0, 0.1) is 0 Å². The largest absolute Gasteiger partial charge is 0.417 e. The first-order valence-electron chi connectivity index (χ1n) is 5.83. The molecule has 0 unspecified atom stereocenters. The van der Waals surface area contributed by atoms with Crippen molar-refractivity contribution in [2.45, 2.75) is 0 Å². The highest BCUT2D eigenvalue weighted by Gasteiger charge is 2.12. The predicted octanol–water partition coefficient (Wildman–Crippen LogP) is 4.46. The van der Waals surface area contributed by atoms with E-state index in [0.29, 0.717) is 5.75 Å². The zero-order valence-electron chi connectivity index (χ0n) is 10.00. The van der Waals surface area contributed by atoms with Crippen molar-refractivity contribution in [3.8, 4) is 16.2 Å². The van der Waals surface area contributed by atoms with Gasteiger partial charge in [-0.15, -0.1) is 11.3 Å². The summed E-state index contributed by atoms with van der Waals surface area (Å²) in [6.07, 6.45) is -0.479. The average Bonchev–Trinajstić information content (AvgIpc) is 2.83. The summed E-state index contributed by atoms with van der Waals surface area (Å²) >= 11 is 1.64. The molecule has 94 valence electrons. The summed E-state index contributed by atoms with van der Waals surface area (Å²) in [6, 6.07) is 16.8. The van der Waals surface area contributed by atoms with Gasteiger partial charge in [0, 0.05) is 10.4 Å². The summed E-state index contributed by atoms with van der Waals surface area (Å²) in [7, 11) is 0. The Bertz CT molecular complexity index is 663. The molecule has 3 nitrogen and oxygen atoms in total. The molecule has 4 heteroatoms. The molecule has 3 rings (SSSR count). The Kier molecular flexibility index (Phi) is 3.16. The lowest BCUT2D eigenvalue weighted by atomic mass is 10.2. The fourth-order valence-corrected chi connectivity index (χ4v) is 2.59. The number of ether oxygens (including phenoxy) is 1. The maximum atomic E-state index is 11.8. The van der Waals surface area contributed by atoms with Gasteiger partial charge in [-0.2, -0.15) is 0 Å². The predicted molar refractivity (Wildman–Crippen MR) is 77.0 cm³/mol. The van der Waals surface area contributed by atoms with Crippen molar-refractivity contribution in [1.29, 1.82) is 0 Å². The second kappa shape index (κ2) is 5.12. The molecule has 0 aromatic heterocycles. The molecule has 1 N–H and O–H groups in total. The van der Waals surface area contributed by atoms with Gasteiger partial charge in [0.15, 0.2) is 0 Å². The summed E-state index contributed by atoms with van der Waals surface area (Å²) in [4.78, 5) is 12.9. The van der Waals surface area contributed by atoms with Crippen LogP contribution in [0.4, 0.5) is 10.5 Å². The Morgan fingerprint density at radius 2 is 1.84 bits per heavy atom. The maximum Gasteiger partial charge on any atom is 0.417 e. The second-order valence-electron chi connectivity index (χ2n) is 3.97. The molecule has 0 saturated carbocycles.